The molecule has 4 heteroatoms. The minimum absolute atomic E-state index is 0. The highest BCUT2D eigenvalue weighted by molar-refractivity contribution is 5.85. The Kier molecular flexibility index (Phi) is 8.61. The predicted molar refractivity (Wildman–Crippen MR) is 74.6 cm³/mol. The second-order valence-electron chi connectivity index (χ2n) is 4.99. The standard InChI is InChI=1S/C13H26N2O.ClH/c1-4-11-5-7-12(8-6-11)13(16)15(3)10-9-14-2;/h11-12,14H,4-10H2,1-3H3;1H. The van der Waals surface area contributed by atoms with E-state index in [1.807, 2.05) is 19.0 Å². The third kappa shape index (κ3) is 5.26. The largest absolute Gasteiger partial charge is 0.344 e. The van der Waals surface area contributed by atoms with E-state index < -0.39 is 0 Å². The quantitative estimate of drug-likeness (QED) is 0.825. The summed E-state index contributed by atoms with van der Waals surface area (Å²) in [5, 5.41) is 3.08. The Morgan fingerprint density at radius 2 is 1.88 bits per heavy atom. The molecular weight excluding hydrogens is 236 g/mol. The average Bonchev–Trinajstić information content (AvgIpc) is 2.35. The van der Waals surface area contributed by atoms with Crippen molar-refractivity contribution in [2.24, 2.45) is 11.8 Å². The Balaban J connectivity index is 0.00000256. The third-order valence-corrected chi connectivity index (χ3v) is 3.85. The van der Waals surface area contributed by atoms with Crippen molar-refractivity contribution in [3.05, 3.63) is 0 Å². The SMILES string of the molecule is CCC1CCC(C(=O)N(C)CCNC)CC1.Cl. The Hall–Kier alpha value is -0.280. The molecule has 0 saturated heterocycles. The van der Waals surface area contributed by atoms with E-state index in [2.05, 4.69) is 12.2 Å². The summed E-state index contributed by atoms with van der Waals surface area (Å²) in [6.07, 6.45) is 5.96. The van der Waals surface area contributed by atoms with Crippen LogP contribution in [0.1, 0.15) is 39.0 Å². The van der Waals surface area contributed by atoms with Gasteiger partial charge in [-0.2, -0.15) is 0 Å². The molecule has 1 saturated carbocycles. The summed E-state index contributed by atoms with van der Waals surface area (Å²) in [4.78, 5) is 14.0. The molecule has 0 aromatic heterocycles. The van der Waals surface area contributed by atoms with Crippen LogP contribution in [-0.2, 0) is 4.79 Å². The smallest absolute Gasteiger partial charge is 0.225 e. The fourth-order valence-electron chi connectivity index (χ4n) is 2.52. The van der Waals surface area contributed by atoms with E-state index in [9.17, 15) is 4.79 Å². The number of rotatable bonds is 5. The normalized spacial score (nSPS) is 23.9. The molecule has 0 radical (unpaired) electrons. The zero-order chi connectivity index (χ0) is 12.0. The maximum Gasteiger partial charge on any atom is 0.225 e. The molecule has 1 fully saturated rings. The van der Waals surface area contributed by atoms with Crippen molar-refractivity contribution in [3.8, 4) is 0 Å². The van der Waals surface area contributed by atoms with Crippen LogP contribution in [0.4, 0.5) is 0 Å². The van der Waals surface area contributed by atoms with E-state index in [1.165, 1.54) is 19.3 Å². The molecule has 1 rings (SSSR count). The summed E-state index contributed by atoms with van der Waals surface area (Å²) in [7, 11) is 3.84. The van der Waals surface area contributed by atoms with Crippen LogP contribution in [0, 0.1) is 11.8 Å². The van der Waals surface area contributed by atoms with Gasteiger partial charge in [-0.15, -0.1) is 12.4 Å². The monoisotopic (exact) mass is 262 g/mol. The van der Waals surface area contributed by atoms with Gasteiger partial charge in [-0.25, -0.2) is 0 Å². The average molecular weight is 263 g/mol. The highest BCUT2D eigenvalue weighted by Crippen LogP contribution is 2.31. The topological polar surface area (TPSA) is 32.3 Å². The van der Waals surface area contributed by atoms with Gasteiger partial charge in [0.05, 0.1) is 0 Å². The summed E-state index contributed by atoms with van der Waals surface area (Å²) in [5.74, 6) is 1.51. The Bertz CT molecular complexity index is 215. The van der Waals surface area contributed by atoms with Crippen LogP contribution < -0.4 is 5.32 Å². The Labute approximate surface area is 112 Å². The molecule has 17 heavy (non-hydrogen) atoms. The zero-order valence-corrected chi connectivity index (χ0v) is 12.2. The lowest BCUT2D eigenvalue weighted by atomic mass is 9.80. The van der Waals surface area contributed by atoms with Crippen molar-refractivity contribution in [1.29, 1.82) is 0 Å². The molecule has 0 aromatic carbocycles. The van der Waals surface area contributed by atoms with Gasteiger partial charge in [0.1, 0.15) is 0 Å². The van der Waals surface area contributed by atoms with E-state index >= 15 is 0 Å². The second-order valence-corrected chi connectivity index (χ2v) is 4.99. The van der Waals surface area contributed by atoms with Crippen molar-refractivity contribution in [1.82, 2.24) is 10.2 Å². The first-order valence-corrected chi connectivity index (χ1v) is 6.58. The number of nitrogens with zero attached hydrogens (tertiary/aromatic N) is 1. The van der Waals surface area contributed by atoms with E-state index in [1.54, 1.807) is 0 Å². The first-order chi connectivity index (χ1) is 7.69. The van der Waals surface area contributed by atoms with Gasteiger partial charge in [0.2, 0.25) is 5.91 Å². The lowest BCUT2D eigenvalue weighted by Crippen LogP contribution is -2.38. The van der Waals surface area contributed by atoms with E-state index in [4.69, 9.17) is 0 Å². The van der Waals surface area contributed by atoms with Gasteiger partial charge in [-0.1, -0.05) is 13.3 Å². The number of hydrogen-bond donors (Lipinski definition) is 1. The van der Waals surface area contributed by atoms with Gasteiger partial charge >= 0.3 is 0 Å². The first kappa shape index (κ1) is 16.7. The van der Waals surface area contributed by atoms with Crippen molar-refractivity contribution in [2.45, 2.75) is 39.0 Å². The molecule has 102 valence electrons. The maximum absolute atomic E-state index is 12.1. The van der Waals surface area contributed by atoms with Gasteiger partial charge < -0.3 is 10.2 Å². The molecule has 0 aromatic rings. The summed E-state index contributed by atoms with van der Waals surface area (Å²) in [6, 6.07) is 0. The molecule has 0 unspecified atom stereocenters. The van der Waals surface area contributed by atoms with Gasteiger partial charge in [0, 0.05) is 26.1 Å². The number of hydrogen-bond acceptors (Lipinski definition) is 2. The predicted octanol–water partition coefficient (Wildman–Crippen LogP) is 2.30. The highest BCUT2D eigenvalue weighted by atomic mass is 35.5. The van der Waals surface area contributed by atoms with Crippen LogP contribution in [0.15, 0.2) is 0 Å². The van der Waals surface area contributed by atoms with Crippen molar-refractivity contribution in [2.75, 3.05) is 27.2 Å². The first-order valence-electron chi connectivity index (χ1n) is 6.58. The molecule has 1 aliphatic carbocycles. The summed E-state index contributed by atoms with van der Waals surface area (Å²) in [6.45, 7) is 3.96. The number of carbonyl (C=O) groups is 1. The molecule has 3 nitrogen and oxygen atoms in total. The van der Waals surface area contributed by atoms with Gasteiger partial charge in [-0.3, -0.25) is 4.79 Å². The van der Waals surface area contributed by atoms with Crippen LogP contribution in [0.5, 0.6) is 0 Å². The maximum atomic E-state index is 12.1. The molecule has 0 bridgehead atoms. The van der Waals surface area contributed by atoms with Crippen LogP contribution in [0.25, 0.3) is 0 Å². The molecule has 1 aliphatic rings. The molecule has 0 atom stereocenters. The lowest BCUT2D eigenvalue weighted by molar-refractivity contribution is -0.135. The van der Waals surface area contributed by atoms with E-state index in [0.717, 1.165) is 31.8 Å². The molecule has 0 spiro atoms. The number of halogens is 1. The molecule has 0 heterocycles. The number of likely N-dealkylation sites (N-methyl/N-ethyl adjacent to an activating group) is 2. The zero-order valence-electron chi connectivity index (χ0n) is 11.4. The number of nitrogens with one attached hydrogen (secondary N) is 1. The number of amides is 1. The molecule has 1 N–H and O–H groups in total. The number of carbonyl (C=O) groups excluding carboxylic acids is 1. The van der Waals surface area contributed by atoms with Gasteiger partial charge in [0.15, 0.2) is 0 Å². The molecular formula is C13H27ClN2O. The fraction of sp³-hybridized carbons (Fsp3) is 0.923. The van der Waals surface area contributed by atoms with Crippen molar-refractivity contribution in [3.63, 3.8) is 0 Å². The van der Waals surface area contributed by atoms with E-state index in [0.29, 0.717) is 11.8 Å². The van der Waals surface area contributed by atoms with Crippen LogP contribution in [-0.4, -0.2) is 38.0 Å². The second kappa shape index (κ2) is 8.76. The highest BCUT2D eigenvalue weighted by Gasteiger charge is 2.27. The summed E-state index contributed by atoms with van der Waals surface area (Å²) >= 11 is 0. The third-order valence-electron chi connectivity index (χ3n) is 3.85. The van der Waals surface area contributed by atoms with Crippen LogP contribution >= 0.6 is 12.4 Å². The molecule has 1 amide bonds. The fourth-order valence-corrected chi connectivity index (χ4v) is 2.52. The van der Waals surface area contributed by atoms with Crippen LogP contribution in [0.2, 0.25) is 0 Å². The summed E-state index contributed by atoms with van der Waals surface area (Å²) in [5.41, 5.74) is 0. The van der Waals surface area contributed by atoms with Crippen LogP contribution in [0.3, 0.4) is 0 Å². The van der Waals surface area contributed by atoms with Gasteiger partial charge in [-0.05, 0) is 38.6 Å². The van der Waals surface area contributed by atoms with Gasteiger partial charge in [0.25, 0.3) is 0 Å². The molecule has 0 aliphatic heterocycles. The van der Waals surface area contributed by atoms with Crippen molar-refractivity contribution >= 4 is 18.3 Å². The van der Waals surface area contributed by atoms with E-state index in [-0.39, 0.29) is 12.4 Å². The lowest BCUT2D eigenvalue weighted by Gasteiger charge is -2.30. The Morgan fingerprint density at radius 1 is 1.29 bits per heavy atom. The summed E-state index contributed by atoms with van der Waals surface area (Å²) < 4.78 is 0. The Morgan fingerprint density at radius 3 is 2.35 bits per heavy atom. The minimum Gasteiger partial charge on any atom is -0.344 e. The minimum atomic E-state index is 0. The van der Waals surface area contributed by atoms with Crippen molar-refractivity contribution < 1.29 is 4.79 Å².